The van der Waals surface area contributed by atoms with Crippen LogP contribution in [0.1, 0.15) is 23.0 Å². The largest absolute Gasteiger partial charge is 0.494 e. The van der Waals surface area contributed by atoms with Gasteiger partial charge in [-0.2, -0.15) is 5.26 Å². The van der Waals surface area contributed by atoms with Crippen LogP contribution < -0.4 is 15.4 Å². The van der Waals surface area contributed by atoms with E-state index >= 15 is 0 Å². The lowest BCUT2D eigenvalue weighted by atomic mass is 10.2. The highest BCUT2D eigenvalue weighted by Crippen LogP contribution is 2.21. The van der Waals surface area contributed by atoms with Crippen LogP contribution in [0.4, 0.5) is 17.1 Å². The molecule has 0 unspecified atom stereocenters. The van der Waals surface area contributed by atoms with Crippen LogP contribution in [0, 0.1) is 11.3 Å². The molecule has 1 aromatic heterocycles. The Labute approximate surface area is 157 Å². The smallest absolute Gasteiger partial charge is 0.274 e. The summed E-state index contributed by atoms with van der Waals surface area (Å²) >= 11 is 0. The number of amides is 1. The maximum absolute atomic E-state index is 12.5. The zero-order valence-electron chi connectivity index (χ0n) is 14.8. The van der Waals surface area contributed by atoms with Crippen LogP contribution >= 0.6 is 0 Å². The molecule has 0 bridgehead atoms. The van der Waals surface area contributed by atoms with Crippen LogP contribution in [-0.2, 0) is 0 Å². The Morgan fingerprint density at radius 1 is 1.11 bits per heavy atom. The topological polar surface area (TPSA) is 87.0 Å². The number of carbonyl (C=O) groups is 1. The van der Waals surface area contributed by atoms with Gasteiger partial charge in [-0.25, -0.2) is 0 Å². The summed E-state index contributed by atoms with van der Waals surface area (Å²) < 4.78 is 5.42. The van der Waals surface area contributed by atoms with E-state index in [1.807, 2.05) is 31.2 Å². The molecule has 27 heavy (non-hydrogen) atoms. The summed E-state index contributed by atoms with van der Waals surface area (Å²) in [6, 6.07) is 19.8. The summed E-state index contributed by atoms with van der Waals surface area (Å²) in [5, 5.41) is 15.1. The van der Waals surface area contributed by atoms with Gasteiger partial charge >= 0.3 is 0 Å². The number of para-hydroxylation sites is 1. The van der Waals surface area contributed by atoms with Crippen LogP contribution in [0.2, 0.25) is 0 Å². The number of pyridine rings is 1. The van der Waals surface area contributed by atoms with Crippen molar-refractivity contribution >= 4 is 23.0 Å². The Morgan fingerprint density at radius 2 is 1.89 bits per heavy atom. The van der Waals surface area contributed by atoms with Crippen LogP contribution in [0.3, 0.4) is 0 Å². The number of anilines is 3. The number of nitrogens with zero attached hydrogens (tertiary/aromatic N) is 2. The minimum atomic E-state index is -0.381. The Hall–Kier alpha value is -3.85. The summed E-state index contributed by atoms with van der Waals surface area (Å²) in [5.41, 5.74) is 2.70. The zero-order chi connectivity index (χ0) is 19.1. The first-order valence-electron chi connectivity index (χ1n) is 8.46. The molecule has 1 amide bonds. The Kier molecular flexibility index (Phi) is 5.65. The lowest BCUT2D eigenvalue weighted by Gasteiger charge is -2.10. The molecule has 134 valence electrons. The molecule has 0 fully saturated rings. The highest BCUT2D eigenvalue weighted by atomic mass is 16.5. The van der Waals surface area contributed by atoms with Crippen molar-refractivity contribution < 1.29 is 9.53 Å². The van der Waals surface area contributed by atoms with Gasteiger partial charge in [0.2, 0.25) is 0 Å². The Morgan fingerprint density at radius 3 is 2.63 bits per heavy atom. The van der Waals surface area contributed by atoms with Gasteiger partial charge in [-0.05, 0) is 55.5 Å². The average Bonchev–Trinajstić information content (AvgIpc) is 2.70. The van der Waals surface area contributed by atoms with Crippen molar-refractivity contribution in [3.05, 3.63) is 78.1 Å². The summed E-state index contributed by atoms with van der Waals surface area (Å²) in [7, 11) is 0. The number of nitriles is 1. The molecule has 3 rings (SSSR count). The molecule has 6 nitrogen and oxygen atoms in total. The molecule has 0 saturated carbocycles. The molecule has 0 spiro atoms. The number of ether oxygens (including phenoxy) is 1. The molecular weight excluding hydrogens is 340 g/mol. The third-order valence-electron chi connectivity index (χ3n) is 3.74. The third kappa shape index (κ3) is 4.61. The number of rotatable bonds is 6. The van der Waals surface area contributed by atoms with Crippen molar-refractivity contribution in [3.63, 3.8) is 0 Å². The van der Waals surface area contributed by atoms with Crippen molar-refractivity contribution in [2.24, 2.45) is 0 Å². The fraction of sp³-hybridized carbons (Fsp3) is 0.0952. The quantitative estimate of drug-likeness (QED) is 0.684. The van der Waals surface area contributed by atoms with Gasteiger partial charge in [-0.3, -0.25) is 9.78 Å². The Bertz CT molecular complexity index is 978. The first-order valence-corrected chi connectivity index (χ1v) is 8.46. The van der Waals surface area contributed by atoms with Crippen LogP contribution in [-0.4, -0.2) is 17.5 Å². The van der Waals surface area contributed by atoms with Gasteiger partial charge < -0.3 is 15.4 Å². The molecule has 0 aliphatic rings. The SMILES string of the molecule is CCOc1ccc(Nc2ccnc(C(=O)Nc3ccccc3C#N)c2)cc1. The third-order valence-corrected chi connectivity index (χ3v) is 3.74. The van der Waals surface area contributed by atoms with E-state index in [0.29, 0.717) is 17.9 Å². The molecule has 0 aliphatic carbocycles. The van der Waals surface area contributed by atoms with Gasteiger partial charge in [0.05, 0.1) is 17.9 Å². The van der Waals surface area contributed by atoms with E-state index in [1.165, 1.54) is 0 Å². The van der Waals surface area contributed by atoms with Gasteiger partial charge in [0.1, 0.15) is 17.5 Å². The minimum absolute atomic E-state index is 0.249. The summed E-state index contributed by atoms with van der Waals surface area (Å²) in [4.78, 5) is 16.6. The van der Waals surface area contributed by atoms with Gasteiger partial charge in [0.25, 0.3) is 5.91 Å². The van der Waals surface area contributed by atoms with Gasteiger partial charge in [0.15, 0.2) is 0 Å². The minimum Gasteiger partial charge on any atom is -0.494 e. The molecular formula is C21H18N4O2. The number of hydrogen-bond acceptors (Lipinski definition) is 5. The van der Waals surface area contributed by atoms with Gasteiger partial charge in [-0.1, -0.05) is 12.1 Å². The zero-order valence-corrected chi connectivity index (χ0v) is 14.8. The highest BCUT2D eigenvalue weighted by molar-refractivity contribution is 6.04. The van der Waals surface area contributed by atoms with Crippen molar-refractivity contribution in [1.29, 1.82) is 5.26 Å². The second kappa shape index (κ2) is 8.50. The lowest BCUT2D eigenvalue weighted by molar-refractivity contribution is 0.102. The van der Waals surface area contributed by atoms with E-state index in [9.17, 15) is 4.79 Å². The standard InChI is InChI=1S/C21H18N4O2/c1-2-27-18-9-7-16(8-10-18)24-17-11-12-23-20(13-17)21(26)25-19-6-4-3-5-15(19)14-22/h3-13H,2H2,1H3,(H,23,24)(H,25,26). The first kappa shape index (κ1) is 18.0. The predicted molar refractivity (Wildman–Crippen MR) is 104 cm³/mol. The van der Waals surface area contributed by atoms with Crippen molar-refractivity contribution in [2.75, 3.05) is 17.2 Å². The Balaban J connectivity index is 1.73. The molecule has 1 heterocycles. The van der Waals surface area contributed by atoms with Crippen molar-refractivity contribution in [1.82, 2.24) is 4.98 Å². The van der Waals surface area contributed by atoms with Crippen molar-refractivity contribution in [3.8, 4) is 11.8 Å². The number of benzene rings is 2. The highest BCUT2D eigenvalue weighted by Gasteiger charge is 2.11. The predicted octanol–water partition coefficient (Wildman–Crippen LogP) is 4.35. The molecule has 0 atom stereocenters. The number of hydrogen-bond donors (Lipinski definition) is 2. The average molecular weight is 358 g/mol. The van der Waals surface area contributed by atoms with E-state index in [0.717, 1.165) is 17.1 Å². The molecule has 6 heteroatoms. The molecule has 0 aliphatic heterocycles. The van der Waals surface area contributed by atoms with Crippen molar-refractivity contribution in [2.45, 2.75) is 6.92 Å². The fourth-order valence-corrected chi connectivity index (χ4v) is 2.48. The van der Waals surface area contributed by atoms with Crippen LogP contribution in [0.15, 0.2) is 66.9 Å². The van der Waals surface area contributed by atoms with Crippen LogP contribution in [0.5, 0.6) is 5.75 Å². The van der Waals surface area contributed by atoms with E-state index < -0.39 is 0 Å². The number of carbonyl (C=O) groups excluding carboxylic acids is 1. The molecule has 2 aromatic carbocycles. The molecule has 3 aromatic rings. The molecule has 0 radical (unpaired) electrons. The normalized spacial score (nSPS) is 9.93. The van der Waals surface area contributed by atoms with E-state index in [1.54, 1.807) is 42.6 Å². The lowest BCUT2D eigenvalue weighted by Crippen LogP contribution is -2.14. The maximum atomic E-state index is 12.5. The summed E-state index contributed by atoms with van der Waals surface area (Å²) in [5.74, 6) is 0.419. The summed E-state index contributed by atoms with van der Waals surface area (Å²) in [6.45, 7) is 2.55. The van der Waals surface area contributed by atoms with Crippen LogP contribution in [0.25, 0.3) is 0 Å². The first-order chi connectivity index (χ1) is 13.2. The molecule has 0 saturated heterocycles. The van der Waals surface area contributed by atoms with E-state index in [-0.39, 0.29) is 11.6 Å². The monoisotopic (exact) mass is 358 g/mol. The summed E-state index contributed by atoms with van der Waals surface area (Å²) in [6.07, 6.45) is 1.56. The second-order valence-corrected chi connectivity index (χ2v) is 5.62. The van der Waals surface area contributed by atoms with E-state index in [4.69, 9.17) is 10.00 Å². The van der Waals surface area contributed by atoms with Gasteiger partial charge in [-0.15, -0.1) is 0 Å². The van der Waals surface area contributed by atoms with Gasteiger partial charge in [0, 0.05) is 17.6 Å². The number of nitrogens with one attached hydrogen (secondary N) is 2. The van der Waals surface area contributed by atoms with E-state index in [2.05, 4.69) is 21.7 Å². The molecule has 2 N–H and O–H groups in total. The number of aromatic nitrogens is 1. The fourth-order valence-electron chi connectivity index (χ4n) is 2.48. The second-order valence-electron chi connectivity index (χ2n) is 5.62. The maximum Gasteiger partial charge on any atom is 0.274 e.